The first-order valence-electron chi connectivity index (χ1n) is 4.16. The third-order valence-corrected chi connectivity index (χ3v) is 1.41. The molecular formula is C7H13N3O5. The van der Waals surface area contributed by atoms with Gasteiger partial charge in [0, 0.05) is 13.1 Å². The molecule has 0 unspecified atom stereocenters. The maximum Gasteiger partial charge on any atom is 0.326 e. The van der Waals surface area contributed by atoms with Gasteiger partial charge in [-0.3, -0.25) is 4.79 Å². The number of carboxylic acid groups (broad SMARTS) is 2. The molecule has 0 spiro atoms. The van der Waals surface area contributed by atoms with Gasteiger partial charge in [0.1, 0.15) is 6.04 Å². The molecule has 0 radical (unpaired) electrons. The molecule has 0 aliphatic heterocycles. The molecule has 8 nitrogen and oxygen atoms in total. The molecule has 0 aliphatic rings. The molecular weight excluding hydrogens is 206 g/mol. The number of carbonyl (C=O) groups is 3. The van der Waals surface area contributed by atoms with Gasteiger partial charge < -0.3 is 26.6 Å². The van der Waals surface area contributed by atoms with Crippen molar-refractivity contribution in [2.24, 2.45) is 5.73 Å². The van der Waals surface area contributed by atoms with Crippen LogP contribution in [-0.4, -0.2) is 47.3 Å². The number of amides is 2. The minimum absolute atomic E-state index is 0.186. The summed E-state index contributed by atoms with van der Waals surface area (Å²) in [4.78, 5) is 31.7. The second-order valence-electron chi connectivity index (χ2n) is 2.68. The second-order valence-corrected chi connectivity index (χ2v) is 2.68. The Balaban J connectivity index is 4.10. The number of carboxylic acids is 2. The van der Waals surface area contributed by atoms with Gasteiger partial charge in [-0.1, -0.05) is 0 Å². The number of nitrogens with two attached hydrogens (primary N) is 1. The molecule has 0 aromatic rings. The summed E-state index contributed by atoms with van der Waals surface area (Å²) in [6, 6.07) is -2.20. The Hall–Kier alpha value is -1.83. The fourth-order valence-corrected chi connectivity index (χ4v) is 0.770. The molecule has 1 atom stereocenters. The van der Waals surface area contributed by atoms with E-state index < -0.39 is 30.4 Å². The average Bonchev–Trinajstić information content (AvgIpc) is 2.12. The Bertz CT molecular complexity index is 255. The molecule has 0 aromatic heterocycles. The van der Waals surface area contributed by atoms with E-state index >= 15 is 0 Å². The van der Waals surface area contributed by atoms with E-state index in [1.54, 1.807) is 0 Å². The Morgan fingerprint density at radius 3 is 2.27 bits per heavy atom. The van der Waals surface area contributed by atoms with Crippen molar-refractivity contribution in [1.82, 2.24) is 10.6 Å². The lowest BCUT2D eigenvalue weighted by atomic mass is 10.2. The van der Waals surface area contributed by atoms with Crippen LogP contribution in [0.5, 0.6) is 0 Å². The fourth-order valence-electron chi connectivity index (χ4n) is 0.770. The molecule has 8 heteroatoms. The van der Waals surface area contributed by atoms with Gasteiger partial charge in [-0.2, -0.15) is 0 Å². The van der Waals surface area contributed by atoms with Crippen molar-refractivity contribution >= 4 is 18.0 Å². The lowest BCUT2D eigenvalue weighted by Gasteiger charge is -2.12. The molecule has 0 saturated carbocycles. The number of hydrogen-bond donors (Lipinski definition) is 5. The van der Waals surface area contributed by atoms with Crippen LogP contribution in [0.15, 0.2) is 0 Å². The van der Waals surface area contributed by atoms with Gasteiger partial charge in [-0.25, -0.2) is 9.59 Å². The molecule has 0 heterocycles. The van der Waals surface area contributed by atoms with Gasteiger partial charge in [-0.15, -0.1) is 0 Å². The van der Waals surface area contributed by atoms with Gasteiger partial charge in [0.2, 0.25) is 0 Å². The largest absolute Gasteiger partial charge is 0.481 e. The standard InChI is InChI=1S/C7H13N3O5/c8-1-2-9-7(15)10-4(6(13)14)3-5(11)12/h4H,1-3,8H2,(H,11,12)(H,13,14)(H2,9,10,15)/t4-/m0/s1. The maximum absolute atomic E-state index is 11.0. The van der Waals surface area contributed by atoms with Crippen molar-refractivity contribution in [3.63, 3.8) is 0 Å². The molecule has 0 fully saturated rings. The first-order chi connectivity index (χ1) is 6.97. The van der Waals surface area contributed by atoms with E-state index in [1.807, 2.05) is 5.32 Å². The van der Waals surface area contributed by atoms with Crippen LogP contribution in [0.2, 0.25) is 0 Å². The van der Waals surface area contributed by atoms with Crippen molar-refractivity contribution in [3.05, 3.63) is 0 Å². The minimum atomic E-state index is -1.44. The molecule has 0 aliphatic carbocycles. The summed E-state index contributed by atoms with van der Waals surface area (Å²) in [5.74, 6) is -2.71. The van der Waals surface area contributed by atoms with E-state index in [9.17, 15) is 14.4 Å². The molecule has 0 saturated heterocycles. The zero-order valence-corrected chi connectivity index (χ0v) is 7.90. The highest BCUT2D eigenvalue weighted by molar-refractivity contribution is 5.86. The highest BCUT2D eigenvalue weighted by atomic mass is 16.4. The Kier molecular flexibility index (Phi) is 5.79. The number of hydrogen-bond acceptors (Lipinski definition) is 4. The fraction of sp³-hybridized carbons (Fsp3) is 0.571. The third kappa shape index (κ3) is 6.27. The van der Waals surface area contributed by atoms with Crippen LogP contribution in [0, 0.1) is 0 Å². The van der Waals surface area contributed by atoms with Crippen LogP contribution >= 0.6 is 0 Å². The maximum atomic E-state index is 11.0. The van der Waals surface area contributed by atoms with Crippen molar-refractivity contribution in [2.45, 2.75) is 12.5 Å². The smallest absolute Gasteiger partial charge is 0.326 e. The second kappa shape index (κ2) is 6.60. The van der Waals surface area contributed by atoms with E-state index in [0.29, 0.717) is 0 Å². The van der Waals surface area contributed by atoms with Crippen molar-refractivity contribution in [3.8, 4) is 0 Å². The zero-order chi connectivity index (χ0) is 11.8. The van der Waals surface area contributed by atoms with E-state index in [1.165, 1.54) is 0 Å². The molecule has 2 amide bonds. The minimum Gasteiger partial charge on any atom is -0.481 e. The number of rotatable bonds is 6. The van der Waals surface area contributed by atoms with Crippen LogP contribution in [0.3, 0.4) is 0 Å². The summed E-state index contributed by atoms with van der Waals surface area (Å²) in [6.07, 6.45) is -0.675. The van der Waals surface area contributed by atoms with E-state index in [4.69, 9.17) is 15.9 Å². The van der Waals surface area contributed by atoms with E-state index in [2.05, 4.69) is 5.32 Å². The van der Waals surface area contributed by atoms with Crippen molar-refractivity contribution in [2.75, 3.05) is 13.1 Å². The van der Waals surface area contributed by atoms with Gasteiger partial charge >= 0.3 is 18.0 Å². The Morgan fingerprint density at radius 1 is 1.27 bits per heavy atom. The van der Waals surface area contributed by atoms with E-state index in [-0.39, 0.29) is 13.1 Å². The zero-order valence-electron chi connectivity index (χ0n) is 7.90. The van der Waals surface area contributed by atoms with Gasteiger partial charge in [0.05, 0.1) is 6.42 Å². The Labute approximate surface area is 85.4 Å². The summed E-state index contributed by atoms with van der Waals surface area (Å²) < 4.78 is 0. The molecule has 6 N–H and O–H groups in total. The summed E-state index contributed by atoms with van der Waals surface area (Å²) in [7, 11) is 0. The average molecular weight is 219 g/mol. The predicted octanol–water partition coefficient (Wildman–Crippen LogP) is -1.83. The van der Waals surface area contributed by atoms with Gasteiger partial charge in [0.15, 0.2) is 0 Å². The number of aliphatic carboxylic acids is 2. The summed E-state index contributed by atoms with van der Waals surface area (Å²) >= 11 is 0. The monoisotopic (exact) mass is 219 g/mol. The van der Waals surface area contributed by atoms with E-state index in [0.717, 1.165) is 0 Å². The summed E-state index contributed by atoms with van der Waals surface area (Å²) in [5.41, 5.74) is 5.10. The highest BCUT2D eigenvalue weighted by Crippen LogP contribution is 1.92. The summed E-state index contributed by atoms with van der Waals surface area (Å²) in [6.45, 7) is 0.398. The molecule has 0 aromatic carbocycles. The quantitative estimate of drug-likeness (QED) is 0.356. The van der Waals surface area contributed by atoms with Crippen LogP contribution < -0.4 is 16.4 Å². The topological polar surface area (TPSA) is 142 Å². The third-order valence-electron chi connectivity index (χ3n) is 1.41. The molecule has 86 valence electrons. The van der Waals surface area contributed by atoms with Crippen LogP contribution in [0.4, 0.5) is 4.79 Å². The first kappa shape index (κ1) is 13.2. The van der Waals surface area contributed by atoms with Crippen molar-refractivity contribution < 1.29 is 24.6 Å². The van der Waals surface area contributed by atoms with Gasteiger partial charge in [-0.05, 0) is 0 Å². The number of nitrogens with one attached hydrogen (secondary N) is 2. The summed E-state index contributed by atoms with van der Waals surface area (Å²) in [5, 5.41) is 21.2. The van der Waals surface area contributed by atoms with Gasteiger partial charge in [0.25, 0.3) is 0 Å². The molecule has 0 rings (SSSR count). The first-order valence-corrected chi connectivity index (χ1v) is 4.16. The van der Waals surface area contributed by atoms with Crippen molar-refractivity contribution in [1.29, 1.82) is 0 Å². The van der Waals surface area contributed by atoms with Crippen LogP contribution in [-0.2, 0) is 9.59 Å². The lowest BCUT2D eigenvalue weighted by molar-refractivity contribution is -0.145. The lowest BCUT2D eigenvalue weighted by Crippen LogP contribution is -2.47. The molecule has 15 heavy (non-hydrogen) atoms. The number of carbonyl (C=O) groups excluding carboxylic acids is 1. The van der Waals surface area contributed by atoms with Crippen LogP contribution in [0.25, 0.3) is 0 Å². The number of urea groups is 1. The molecule has 0 bridgehead atoms. The SMILES string of the molecule is NCCNC(=O)N[C@@H](CC(=O)O)C(=O)O. The highest BCUT2D eigenvalue weighted by Gasteiger charge is 2.22. The normalized spacial score (nSPS) is 11.5. The van der Waals surface area contributed by atoms with Crippen LogP contribution in [0.1, 0.15) is 6.42 Å². The predicted molar refractivity (Wildman–Crippen MR) is 49.3 cm³/mol. The Morgan fingerprint density at radius 2 is 1.87 bits per heavy atom.